The summed E-state index contributed by atoms with van der Waals surface area (Å²) in [5, 5.41) is 10.4. The first-order valence-corrected chi connectivity index (χ1v) is 8.97. The number of anilines is 1. The third-order valence-electron chi connectivity index (χ3n) is 4.77. The summed E-state index contributed by atoms with van der Waals surface area (Å²) in [6, 6.07) is 13.7. The molecule has 1 aromatic carbocycles. The molecule has 0 saturated carbocycles. The topological polar surface area (TPSA) is 73.9 Å². The number of benzene rings is 1. The number of amides is 1. The first-order valence-electron chi connectivity index (χ1n) is 8.97. The van der Waals surface area contributed by atoms with E-state index >= 15 is 0 Å². The van der Waals surface area contributed by atoms with Gasteiger partial charge in [-0.25, -0.2) is 4.39 Å². The molecule has 2 aromatic heterocycles. The van der Waals surface area contributed by atoms with Gasteiger partial charge in [-0.3, -0.25) is 14.9 Å². The van der Waals surface area contributed by atoms with Gasteiger partial charge in [0.2, 0.25) is 0 Å². The molecule has 27 heavy (non-hydrogen) atoms. The Labute approximate surface area is 156 Å². The van der Waals surface area contributed by atoms with E-state index in [4.69, 9.17) is 0 Å². The number of piperidine rings is 1. The van der Waals surface area contributed by atoms with Crippen LogP contribution in [0.15, 0.2) is 54.7 Å². The molecule has 6 nitrogen and oxygen atoms in total. The van der Waals surface area contributed by atoms with Gasteiger partial charge in [0.1, 0.15) is 11.5 Å². The molecular weight excluding hydrogens is 345 g/mol. The van der Waals surface area contributed by atoms with Gasteiger partial charge in [0.25, 0.3) is 5.91 Å². The van der Waals surface area contributed by atoms with Gasteiger partial charge < -0.3 is 10.2 Å². The number of aromatic amines is 1. The van der Waals surface area contributed by atoms with Gasteiger partial charge in [-0.05, 0) is 54.8 Å². The fraction of sp³-hybridized carbons (Fsp3) is 0.250. The van der Waals surface area contributed by atoms with Crippen molar-refractivity contribution in [2.75, 3.05) is 18.0 Å². The third-order valence-corrected chi connectivity index (χ3v) is 4.77. The minimum absolute atomic E-state index is 0.131. The van der Waals surface area contributed by atoms with Crippen LogP contribution in [0.2, 0.25) is 0 Å². The van der Waals surface area contributed by atoms with Crippen molar-refractivity contribution in [3.8, 4) is 11.3 Å². The molecular formula is C20H20FN5O. The fourth-order valence-corrected chi connectivity index (χ4v) is 3.26. The first-order chi connectivity index (χ1) is 13.2. The Morgan fingerprint density at radius 3 is 2.63 bits per heavy atom. The van der Waals surface area contributed by atoms with Crippen molar-refractivity contribution in [3.05, 3.63) is 66.2 Å². The minimum Gasteiger partial charge on any atom is -0.355 e. The number of nitrogens with zero attached hydrogens (tertiary/aromatic N) is 3. The van der Waals surface area contributed by atoms with E-state index in [1.165, 1.54) is 12.1 Å². The number of carbonyl (C=O) groups excluding carboxylic acids is 1. The molecule has 138 valence electrons. The molecule has 1 saturated heterocycles. The first kappa shape index (κ1) is 17.2. The van der Waals surface area contributed by atoms with Crippen LogP contribution in [0.3, 0.4) is 0 Å². The highest BCUT2D eigenvalue weighted by Crippen LogP contribution is 2.24. The maximum Gasteiger partial charge on any atom is 0.270 e. The van der Waals surface area contributed by atoms with Crippen LogP contribution < -0.4 is 10.2 Å². The van der Waals surface area contributed by atoms with Crippen LogP contribution in [0, 0.1) is 5.82 Å². The van der Waals surface area contributed by atoms with Crippen molar-refractivity contribution in [2.24, 2.45) is 0 Å². The van der Waals surface area contributed by atoms with E-state index in [-0.39, 0.29) is 17.8 Å². The Bertz CT molecular complexity index is 902. The van der Waals surface area contributed by atoms with Crippen molar-refractivity contribution in [2.45, 2.75) is 18.9 Å². The van der Waals surface area contributed by atoms with Gasteiger partial charge in [-0.1, -0.05) is 6.07 Å². The summed E-state index contributed by atoms with van der Waals surface area (Å²) in [4.78, 5) is 18.5. The predicted molar refractivity (Wildman–Crippen MR) is 101 cm³/mol. The number of hydrogen-bond acceptors (Lipinski definition) is 4. The van der Waals surface area contributed by atoms with Crippen LogP contribution in [0.4, 0.5) is 10.2 Å². The quantitative estimate of drug-likeness (QED) is 0.745. The summed E-state index contributed by atoms with van der Waals surface area (Å²) in [6.07, 6.45) is 3.31. The Hall–Kier alpha value is -3.22. The standard InChI is InChI=1S/C20H20FN5O/c21-15-6-4-14(5-7-15)18-13-19(25-24-18)26-11-8-16(9-12-26)23-20(27)17-3-1-2-10-22-17/h1-7,10,13,16H,8-9,11-12H2,(H,23,27)(H,24,25). The average Bonchev–Trinajstić information content (AvgIpc) is 3.20. The number of aromatic nitrogens is 3. The van der Waals surface area contributed by atoms with Gasteiger partial charge in [-0.15, -0.1) is 0 Å². The van der Waals surface area contributed by atoms with Crippen LogP contribution in [0.1, 0.15) is 23.3 Å². The minimum atomic E-state index is -0.256. The summed E-state index contributed by atoms with van der Waals surface area (Å²) in [7, 11) is 0. The molecule has 1 amide bonds. The molecule has 7 heteroatoms. The van der Waals surface area contributed by atoms with Gasteiger partial charge >= 0.3 is 0 Å². The smallest absolute Gasteiger partial charge is 0.270 e. The van der Waals surface area contributed by atoms with E-state index < -0.39 is 0 Å². The van der Waals surface area contributed by atoms with Crippen molar-refractivity contribution < 1.29 is 9.18 Å². The largest absolute Gasteiger partial charge is 0.355 e. The molecule has 0 radical (unpaired) electrons. The van der Waals surface area contributed by atoms with Crippen LogP contribution in [0.25, 0.3) is 11.3 Å². The molecule has 0 unspecified atom stereocenters. The summed E-state index contributed by atoms with van der Waals surface area (Å²) in [6.45, 7) is 1.61. The Balaban J connectivity index is 1.34. The fourth-order valence-electron chi connectivity index (χ4n) is 3.26. The van der Waals surface area contributed by atoms with Crippen LogP contribution in [-0.2, 0) is 0 Å². The SMILES string of the molecule is O=C(NC1CCN(c2cc(-c3ccc(F)cc3)[nH]n2)CC1)c1ccccn1. The Morgan fingerprint density at radius 1 is 1.15 bits per heavy atom. The summed E-state index contributed by atoms with van der Waals surface area (Å²) >= 11 is 0. The van der Waals surface area contributed by atoms with Gasteiger partial charge in [-0.2, -0.15) is 5.10 Å². The van der Waals surface area contributed by atoms with Crippen molar-refractivity contribution in [1.82, 2.24) is 20.5 Å². The van der Waals surface area contributed by atoms with Crippen molar-refractivity contribution >= 4 is 11.7 Å². The molecule has 1 aliphatic heterocycles. The lowest BCUT2D eigenvalue weighted by atomic mass is 10.0. The Morgan fingerprint density at radius 2 is 1.93 bits per heavy atom. The second-order valence-electron chi connectivity index (χ2n) is 6.60. The predicted octanol–water partition coefficient (Wildman–Crippen LogP) is 3.01. The van der Waals surface area contributed by atoms with E-state index in [0.717, 1.165) is 43.0 Å². The molecule has 2 N–H and O–H groups in total. The lowest BCUT2D eigenvalue weighted by molar-refractivity contribution is 0.0926. The van der Waals surface area contributed by atoms with E-state index in [1.807, 2.05) is 6.07 Å². The number of halogens is 1. The average molecular weight is 365 g/mol. The third kappa shape index (κ3) is 3.97. The van der Waals surface area contributed by atoms with E-state index in [2.05, 4.69) is 25.4 Å². The lowest BCUT2D eigenvalue weighted by Gasteiger charge is -2.32. The summed E-state index contributed by atoms with van der Waals surface area (Å²) < 4.78 is 13.1. The van der Waals surface area contributed by atoms with Crippen molar-refractivity contribution in [1.29, 1.82) is 0 Å². The summed E-state index contributed by atoms with van der Waals surface area (Å²) in [5.74, 6) is 0.476. The number of pyridine rings is 1. The highest BCUT2D eigenvalue weighted by atomic mass is 19.1. The molecule has 0 spiro atoms. The van der Waals surface area contributed by atoms with Gasteiger partial charge in [0.05, 0.1) is 5.69 Å². The molecule has 3 heterocycles. The maximum atomic E-state index is 13.1. The van der Waals surface area contributed by atoms with E-state index in [9.17, 15) is 9.18 Å². The zero-order valence-corrected chi connectivity index (χ0v) is 14.7. The van der Waals surface area contributed by atoms with Gasteiger partial charge in [0.15, 0.2) is 5.82 Å². The molecule has 1 aliphatic rings. The van der Waals surface area contributed by atoms with Crippen LogP contribution in [-0.4, -0.2) is 40.2 Å². The Kier molecular flexibility index (Phi) is 4.82. The zero-order valence-electron chi connectivity index (χ0n) is 14.7. The maximum absolute atomic E-state index is 13.1. The summed E-state index contributed by atoms with van der Waals surface area (Å²) in [5.41, 5.74) is 2.19. The lowest BCUT2D eigenvalue weighted by Crippen LogP contribution is -2.45. The monoisotopic (exact) mass is 365 g/mol. The number of hydrogen-bond donors (Lipinski definition) is 2. The van der Waals surface area contributed by atoms with E-state index in [1.54, 1.807) is 36.5 Å². The van der Waals surface area contributed by atoms with E-state index in [0.29, 0.717) is 5.69 Å². The number of nitrogens with one attached hydrogen (secondary N) is 2. The molecule has 0 bridgehead atoms. The molecule has 3 aromatic rings. The molecule has 0 atom stereocenters. The zero-order chi connectivity index (χ0) is 18.6. The normalized spacial score (nSPS) is 14.9. The second kappa shape index (κ2) is 7.57. The number of carbonyl (C=O) groups is 1. The van der Waals surface area contributed by atoms with Crippen LogP contribution in [0.5, 0.6) is 0 Å². The highest BCUT2D eigenvalue weighted by molar-refractivity contribution is 5.92. The molecule has 4 rings (SSSR count). The number of rotatable bonds is 4. The highest BCUT2D eigenvalue weighted by Gasteiger charge is 2.23. The second-order valence-corrected chi connectivity index (χ2v) is 6.60. The van der Waals surface area contributed by atoms with Crippen LogP contribution >= 0.6 is 0 Å². The van der Waals surface area contributed by atoms with Crippen molar-refractivity contribution in [3.63, 3.8) is 0 Å². The molecule has 0 aliphatic carbocycles. The molecule has 1 fully saturated rings. The number of H-pyrrole nitrogens is 1. The van der Waals surface area contributed by atoms with Gasteiger partial charge in [0, 0.05) is 31.4 Å².